The van der Waals surface area contributed by atoms with Gasteiger partial charge in [-0.05, 0) is 54.3 Å². The molecule has 146 valence electrons. The number of benzene rings is 1. The van der Waals surface area contributed by atoms with E-state index in [4.69, 9.17) is 9.47 Å². The van der Waals surface area contributed by atoms with E-state index in [-0.39, 0.29) is 18.6 Å². The summed E-state index contributed by atoms with van der Waals surface area (Å²) in [5.41, 5.74) is 1.27. The van der Waals surface area contributed by atoms with Gasteiger partial charge in [-0.25, -0.2) is 0 Å². The molecule has 0 saturated carbocycles. The van der Waals surface area contributed by atoms with Crippen LogP contribution < -0.4 is 4.74 Å². The smallest absolute Gasteiger partial charge is 0.260 e. The van der Waals surface area contributed by atoms with E-state index in [1.54, 1.807) is 11.3 Å². The van der Waals surface area contributed by atoms with Crippen LogP contribution in [0.25, 0.3) is 0 Å². The molecule has 4 nitrogen and oxygen atoms in total. The lowest BCUT2D eigenvalue weighted by molar-refractivity contribution is -0.137. The number of carbonyl (C=O) groups excluding carboxylic acids is 1. The number of rotatable bonds is 8. The molecule has 0 bridgehead atoms. The van der Waals surface area contributed by atoms with E-state index in [0.29, 0.717) is 5.92 Å². The van der Waals surface area contributed by atoms with E-state index >= 15 is 0 Å². The van der Waals surface area contributed by atoms with Gasteiger partial charge in [0.2, 0.25) is 0 Å². The van der Waals surface area contributed by atoms with Crippen molar-refractivity contribution in [1.82, 2.24) is 4.90 Å². The van der Waals surface area contributed by atoms with Gasteiger partial charge in [0.05, 0.1) is 0 Å². The standard InChI is InChI=1S/C22H29NO3S/c1-17(2)18-5-7-20(8-6-18)26-16-22(24)23(19-10-13-25-14-11-19)12-9-21-4-3-15-27-21/h3-8,15,17,19H,9-14,16H2,1-2H3. The normalized spacial score (nSPS) is 15.1. The SMILES string of the molecule is CC(C)c1ccc(OCC(=O)N(CCc2cccs2)C2CCOCC2)cc1. The second-order valence-electron chi connectivity index (χ2n) is 7.27. The molecule has 3 rings (SSSR count). The highest BCUT2D eigenvalue weighted by molar-refractivity contribution is 7.09. The van der Waals surface area contributed by atoms with Crippen molar-refractivity contribution in [2.45, 2.75) is 45.1 Å². The zero-order chi connectivity index (χ0) is 19.1. The van der Waals surface area contributed by atoms with Crippen molar-refractivity contribution in [3.63, 3.8) is 0 Å². The Hall–Kier alpha value is -1.85. The van der Waals surface area contributed by atoms with Crippen molar-refractivity contribution >= 4 is 17.2 Å². The van der Waals surface area contributed by atoms with Gasteiger partial charge in [0.15, 0.2) is 6.61 Å². The lowest BCUT2D eigenvalue weighted by atomic mass is 10.0. The first-order chi connectivity index (χ1) is 13.1. The second kappa shape index (κ2) is 9.90. The molecule has 1 aromatic carbocycles. The van der Waals surface area contributed by atoms with Crippen LogP contribution in [0, 0.1) is 0 Å². The molecule has 0 atom stereocenters. The molecule has 1 aliphatic rings. The van der Waals surface area contributed by atoms with E-state index in [2.05, 4.69) is 43.5 Å². The Kier molecular flexibility index (Phi) is 7.30. The second-order valence-corrected chi connectivity index (χ2v) is 8.30. The Bertz CT molecular complexity index is 691. The van der Waals surface area contributed by atoms with Gasteiger partial charge in [-0.15, -0.1) is 11.3 Å². The highest BCUT2D eigenvalue weighted by atomic mass is 32.1. The third kappa shape index (κ3) is 5.81. The summed E-state index contributed by atoms with van der Waals surface area (Å²) in [6.45, 7) is 6.61. The number of carbonyl (C=O) groups is 1. The van der Waals surface area contributed by atoms with Gasteiger partial charge in [-0.2, -0.15) is 0 Å². The highest BCUT2D eigenvalue weighted by Gasteiger charge is 2.26. The Morgan fingerprint density at radius 2 is 1.96 bits per heavy atom. The molecule has 1 amide bonds. The number of nitrogens with zero attached hydrogens (tertiary/aromatic N) is 1. The largest absolute Gasteiger partial charge is 0.484 e. The van der Waals surface area contributed by atoms with Crippen LogP contribution in [0.2, 0.25) is 0 Å². The molecule has 0 radical (unpaired) electrons. The number of hydrogen-bond donors (Lipinski definition) is 0. The molecule has 0 N–H and O–H groups in total. The van der Waals surface area contributed by atoms with Crippen LogP contribution in [0.3, 0.4) is 0 Å². The van der Waals surface area contributed by atoms with Crippen molar-refractivity contribution in [3.8, 4) is 5.75 Å². The maximum absolute atomic E-state index is 12.9. The number of ether oxygens (including phenoxy) is 2. The minimum atomic E-state index is 0.0615. The maximum atomic E-state index is 12.9. The molecule has 1 saturated heterocycles. The Labute approximate surface area is 166 Å². The summed E-state index contributed by atoms with van der Waals surface area (Å²) in [6, 6.07) is 12.5. The fourth-order valence-corrected chi connectivity index (χ4v) is 4.07. The van der Waals surface area contributed by atoms with Crippen LogP contribution in [-0.2, 0) is 16.0 Å². The molecule has 27 heavy (non-hydrogen) atoms. The minimum Gasteiger partial charge on any atom is -0.484 e. The van der Waals surface area contributed by atoms with Crippen molar-refractivity contribution in [1.29, 1.82) is 0 Å². The summed E-state index contributed by atoms with van der Waals surface area (Å²) in [6.07, 6.45) is 2.70. The van der Waals surface area contributed by atoms with Crippen LogP contribution in [0.5, 0.6) is 5.75 Å². The average molecular weight is 388 g/mol. The Morgan fingerprint density at radius 3 is 2.59 bits per heavy atom. The Balaban J connectivity index is 1.59. The van der Waals surface area contributed by atoms with Gasteiger partial charge in [0.25, 0.3) is 5.91 Å². The van der Waals surface area contributed by atoms with Gasteiger partial charge < -0.3 is 14.4 Å². The molecule has 0 spiro atoms. The predicted octanol–water partition coefficient (Wildman–Crippen LogP) is 4.50. The Morgan fingerprint density at radius 1 is 1.22 bits per heavy atom. The number of hydrogen-bond acceptors (Lipinski definition) is 4. The maximum Gasteiger partial charge on any atom is 0.260 e. The molecule has 2 heterocycles. The van der Waals surface area contributed by atoms with Crippen molar-refractivity contribution in [2.24, 2.45) is 0 Å². The summed E-state index contributed by atoms with van der Waals surface area (Å²) in [4.78, 5) is 16.2. The highest BCUT2D eigenvalue weighted by Crippen LogP contribution is 2.20. The van der Waals surface area contributed by atoms with E-state index in [1.165, 1.54) is 10.4 Å². The molecule has 0 aliphatic carbocycles. The first-order valence-electron chi connectivity index (χ1n) is 9.76. The molecule has 2 aromatic rings. The van der Waals surface area contributed by atoms with Crippen LogP contribution in [0.4, 0.5) is 0 Å². The van der Waals surface area contributed by atoms with E-state index in [0.717, 1.165) is 44.8 Å². The van der Waals surface area contributed by atoms with Crippen molar-refractivity contribution < 1.29 is 14.3 Å². The summed E-state index contributed by atoms with van der Waals surface area (Å²) in [5, 5.41) is 2.08. The van der Waals surface area contributed by atoms with E-state index in [1.807, 2.05) is 17.0 Å². The van der Waals surface area contributed by atoms with Gasteiger partial charge in [-0.3, -0.25) is 4.79 Å². The fraction of sp³-hybridized carbons (Fsp3) is 0.500. The first kappa shape index (κ1) is 19.9. The van der Waals surface area contributed by atoms with Gasteiger partial charge in [0.1, 0.15) is 5.75 Å². The van der Waals surface area contributed by atoms with Crippen LogP contribution in [0.15, 0.2) is 41.8 Å². The van der Waals surface area contributed by atoms with E-state index < -0.39 is 0 Å². The summed E-state index contributed by atoms with van der Waals surface area (Å²) >= 11 is 1.74. The van der Waals surface area contributed by atoms with Crippen LogP contribution in [0.1, 0.15) is 43.0 Å². The molecular formula is C22H29NO3S. The molecule has 1 fully saturated rings. The summed E-state index contributed by atoms with van der Waals surface area (Å²) in [7, 11) is 0. The average Bonchev–Trinajstić information content (AvgIpc) is 3.21. The lowest BCUT2D eigenvalue weighted by Crippen LogP contribution is -2.46. The van der Waals surface area contributed by atoms with Gasteiger partial charge in [-0.1, -0.05) is 32.0 Å². The molecule has 5 heteroatoms. The molecule has 0 unspecified atom stereocenters. The zero-order valence-corrected chi connectivity index (χ0v) is 17.0. The molecular weight excluding hydrogens is 358 g/mol. The van der Waals surface area contributed by atoms with E-state index in [9.17, 15) is 4.79 Å². The molecule has 1 aliphatic heterocycles. The van der Waals surface area contributed by atoms with Gasteiger partial charge >= 0.3 is 0 Å². The zero-order valence-electron chi connectivity index (χ0n) is 16.2. The third-order valence-corrected chi connectivity index (χ3v) is 5.98. The van der Waals surface area contributed by atoms with Crippen molar-refractivity contribution in [2.75, 3.05) is 26.4 Å². The van der Waals surface area contributed by atoms with Crippen LogP contribution in [-0.4, -0.2) is 43.2 Å². The van der Waals surface area contributed by atoms with Crippen LogP contribution >= 0.6 is 11.3 Å². The quantitative estimate of drug-likeness (QED) is 0.669. The topological polar surface area (TPSA) is 38.8 Å². The molecule has 1 aromatic heterocycles. The van der Waals surface area contributed by atoms with Crippen molar-refractivity contribution in [3.05, 3.63) is 52.2 Å². The number of thiophene rings is 1. The lowest BCUT2D eigenvalue weighted by Gasteiger charge is -2.34. The minimum absolute atomic E-state index is 0.0615. The third-order valence-electron chi connectivity index (χ3n) is 5.04. The van der Waals surface area contributed by atoms with Gasteiger partial charge in [0, 0.05) is 30.7 Å². The predicted molar refractivity (Wildman–Crippen MR) is 110 cm³/mol. The summed E-state index contributed by atoms with van der Waals surface area (Å²) < 4.78 is 11.3. The first-order valence-corrected chi connectivity index (χ1v) is 10.6. The summed E-state index contributed by atoms with van der Waals surface area (Å²) in [5.74, 6) is 1.30. The fourth-order valence-electron chi connectivity index (χ4n) is 3.37. The number of amides is 1. The monoisotopic (exact) mass is 387 g/mol.